The van der Waals surface area contributed by atoms with Crippen LogP contribution in [-0.2, 0) is 11.3 Å². The van der Waals surface area contributed by atoms with Gasteiger partial charge in [-0.3, -0.25) is 4.79 Å². The predicted molar refractivity (Wildman–Crippen MR) is 63.1 cm³/mol. The molecule has 0 aromatic heterocycles. The molecule has 0 radical (unpaired) electrons. The van der Waals surface area contributed by atoms with Crippen molar-refractivity contribution in [3.05, 3.63) is 29.3 Å². The molecule has 1 aromatic rings. The number of nitrogens with one attached hydrogen (secondary N) is 1. The molecule has 0 aliphatic rings. The molecule has 5 heteroatoms. The third-order valence-electron chi connectivity index (χ3n) is 2.24. The average molecular weight is 239 g/mol. The molecule has 94 valence electrons. The summed E-state index contributed by atoms with van der Waals surface area (Å²) in [4.78, 5) is 11.8. The molecule has 0 saturated heterocycles. The molecule has 0 aliphatic heterocycles. The summed E-state index contributed by atoms with van der Waals surface area (Å²) >= 11 is 0. The Kier molecular flexibility index (Phi) is 5.45. The molecule has 0 aliphatic carbocycles. The summed E-state index contributed by atoms with van der Waals surface area (Å²) in [6.45, 7) is 0.777. The van der Waals surface area contributed by atoms with Gasteiger partial charge in [0, 0.05) is 19.2 Å². The minimum Gasteiger partial charge on any atom is -0.497 e. The van der Waals surface area contributed by atoms with Crippen molar-refractivity contribution in [1.82, 2.24) is 5.32 Å². The molecule has 0 fully saturated rings. The Morgan fingerprint density at radius 3 is 2.71 bits per heavy atom. The van der Waals surface area contributed by atoms with Crippen LogP contribution in [0.2, 0.25) is 0 Å². The summed E-state index contributed by atoms with van der Waals surface area (Å²) in [7, 11) is 3.09. The van der Waals surface area contributed by atoms with Gasteiger partial charge in [0.25, 0.3) is 5.91 Å². The van der Waals surface area contributed by atoms with Gasteiger partial charge in [-0.1, -0.05) is 0 Å². The van der Waals surface area contributed by atoms with Crippen molar-refractivity contribution in [2.24, 2.45) is 0 Å². The first-order valence-electron chi connectivity index (χ1n) is 5.27. The zero-order valence-electron chi connectivity index (χ0n) is 10.0. The maximum Gasteiger partial charge on any atom is 0.251 e. The first-order chi connectivity index (χ1) is 8.21. The zero-order chi connectivity index (χ0) is 12.7. The fraction of sp³-hybridized carbons (Fsp3) is 0.417. The normalized spacial score (nSPS) is 10.1. The Balaban J connectivity index is 2.77. The van der Waals surface area contributed by atoms with E-state index in [9.17, 15) is 4.79 Å². The van der Waals surface area contributed by atoms with Gasteiger partial charge in [-0.15, -0.1) is 0 Å². The largest absolute Gasteiger partial charge is 0.497 e. The van der Waals surface area contributed by atoms with E-state index in [1.807, 2.05) is 0 Å². The van der Waals surface area contributed by atoms with Gasteiger partial charge in [0.2, 0.25) is 0 Å². The van der Waals surface area contributed by atoms with Crippen molar-refractivity contribution < 1.29 is 19.4 Å². The van der Waals surface area contributed by atoms with Crippen LogP contribution in [0.5, 0.6) is 5.75 Å². The first kappa shape index (κ1) is 13.5. The van der Waals surface area contributed by atoms with E-state index in [0.29, 0.717) is 30.0 Å². The minimum absolute atomic E-state index is 0.129. The molecule has 1 aromatic carbocycles. The lowest BCUT2D eigenvalue weighted by Crippen LogP contribution is -2.27. The molecule has 0 spiro atoms. The molecule has 2 N–H and O–H groups in total. The molecule has 1 rings (SSSR count). The van der Waals surface area contributed by atoms with E-state index in [4.69, 9.17) is 14.6 Å². The highest BCUT2D eigenvalue weighted by molar-refractivity contribution is 5.94. The number of aliphatic hydroxyl groups excluding tert-OH is 1. The summed E-state index contributed by atoms with van der Waals surface area (Å²) in [5.41, 5.74) is 1.10. The van der Waals surface area contributed by atoms with E-state index in [0.717, 1.165) is 0 Å². The topological polar surface area (TPSA) is 67.8 Å². The summed E-state index contributed by atoms with van der Waals surface area (Å²) in [6.07, 6.45) is 0. The van der Waals surface area contributed by atoms with Crippen LogP contribution in [0, 0.1) is 0 Å². The average Bonchev–Trinajstić information content (AvgIpc) is 2.38. The van der Waals surface area contributed by atoms with E-state index in [1.54, 1.807) is 25.3 Å². The minimum atomic E-state index is -0.212. The van der Waals surface area contributed by atoms with E-state index >= 15 is 0 Å². The maximum atomic E-state index is 11.8. The second kappa shape index (κ2) is 6.88. The number of rotatable bonds is 6. The molecule has 5 nitrogen and oxygen atoms in total. The van der Waals surface area contributed by atoms with Crippen LogP contribution in [0.15, 0.2) is 18.2 Å². The molecule has 0 atom stereocenters. The molecular weight excluding hydrogens is 222 g/mol. The van der Waals surface area contributed by atoms with Crippen molar-refractivity contribution in [3.63, 3.8) is 0 Å². The number of hydrogen-bond acceptors (Lipinski definition) is 4. The predicted octanol–water partition coefficient (Wildman–Crippen LogP) is 0.564. The number of aliphatic hydroxyl groups is 1. The van der Waals surface area contributed by atoms with Crippen molar-refractivity contribution in [2.75, 3.05) is 27.4 Å². The summed E-state index contributed by atoms with van der Waals surface area (Å²) < 4.78 is 9.90. The number of benzene rings is 1. The van der Waals surface area contributed by atoms with Crippen LogP contribution >= 0.6 is 0 Å². The SMILES string of the molecule is COCCNC(=O)c1cc(CO)cc(OC)c1. The fourth-order valence-electron chi connectivity index (χ4n) is 1.37. The lowest BCUT2D eigenvalue weighted by Gasteiger charge is -2.08. The zero-order valence-corrected chi connectivity index (χ0v) is 10.0. The lowest BCUT2D eigenvalue weighted by molar-refractivity contribution is 0.0936. The molecule has 0 bridgehead atoms. The van der Waals surface area contributed by atoms with Gasteiger partial charge in [0.1, 0.15) is 5.75 Å². The third kappa shape index (κ3) is 4.05. The quantitative estimate of drug-likeness (QED) is 0.712. The molecule has 0 saturated carbocycles. The van der Waals surface area contributed by atoms with Crippen molar-refractivity contribution >= 4 is 5.91 Å². The third-order valence-corrected chi connectivity index (χ3v) is 2.24. The Labute approximate surface area is 100 Å². The van der Waals surface area contributed by atoms with Gasteiger partial charge < -0.3 is 19.9 Å². The Morgan fingerprint density at radius 2 is 2.12 bits per heavy atom. The highest BCUT2D eigenvalue weighted by atomic mass is 16.5. The Bertz CT molecular complexity index is 357. The standard InChI is InChI=1S/C12H17NO4/c1-16-4-3-13-12(15)10-5-9(8-14)6-11(7-10)17-2/h5-7,14H,3-4,8H2,1-2H3,(H,13,15). The van der Waals surface area contributed by atoms with Crippen LogP contribution in [0.4, 0.5) is 0 Å². The van der Waals surface area contributed by atoms with Crippen molar-refractivity contribution in [1.29, 1.82) is 0 Å². The van der Waals surface area contributed by atoms with E-state index in [2.05, 4.69) is 5.32 Å². The number of carbonyl (C=O) groups is 1. The van der Waals surface area contributed by atoms with Gasteiger partial charge in [0.05, 0.1) is 20.3 Å². The highest BCUT2D eigenvalue weighted by Gasteiger charge is 2.08. The first-order valence-corrected chi connectivity index (χ1v) is 5.27. The van der Waals surface area contributed by atoms with Crippen LogP contribution in [0.25, 0.3) is 0 Å². The van der Waals surface area contributed by atoms with Crippen molar-refractivity contribution in [3.8, 4) is 5.75 Å². The van der Waals surface area contributed by atoms with E-state index < -0.39 is 0 Å². The van der Waals surface area contributed by atoms with Crippen molar-refractivity contribution in [2.45, 2.75) is 6.61 Å². The van der Waals surface area contributed by atoms with Gasteiger partial charge >= 0.3 is 0 Å². The smallest absolute Gasteiger partial charge is 0.251 e. The summed E-state index contributed by atoms with van der Waals surface area (Å²) in [5, 5.41) is 11.8. The summed E-state index contributed by atoms with van der Waals surface area (Å²) in [6, 6.07) is 4.94. The Morgan fingerprint density at radius 1 is 1.35 bits per heavy atom. The van der Waals surface area contributed by atoms with Crippen LogP contribution in [0.3, 0.4) is 0 Å². The second-order valence-corrected chi connectivity index (χ2v) is 3.48. The summed E-state index contributed by atoms with van der Waals surface area (Å²) in [5.74, 6) is 0.337. The van der Waals surface area contributed by atoms with E-state index in [-0.39, 0.29) is 12.5 Å². The lowest BCUT2D eigenvalue weighted by atomic mass is 10.1. The fourth-order valence-corrected chi connectivity index (χ4v) is 1.37. The van der Waals surface area contributed by atoms with E-state index in [1.165, 1.54) is 7.11 Å². The molecular formula is C12H17NO4. The molecule has 0 unspecified atom stereocenters. The number of amides is 1. The van der Waals surface area contributed by atoms with Gasteiger partial charge in [-0.05, 0) is 23.8 Å². The van der Waals surface area contributed by atoms with Gasteiger partial charge in [-0.2, -0.15) is 0 Å². The number of ether oxygens (including phenoxy) is 2. The van der Waals surface area contributed by atoms with Crippen LogP contribution in [0.1, 0.15) is 15.9 Å². The van der Waals surface area contributed by atoms with Crippen LogP contribution in [-0.4, -0.2) is 38.4 Å². The highest BCUT2D eigenvalue weighted by Crippen LogP contribution is 2.17. The number of carbonyl (C=O) groups excluding carboxylic acids is 1. The maximum absolute atomic E-state index is 11.8. The number of hydrogen-bond donors (Lipinski definition) is 2. The van der Waals surface area contributed by atoms with Crippen LogP contribution < -0.4 is 10.1 Å². The second-order valence-electron chi connectivity index (χ2n) is 3.48. The Hall–Kier alpha value is -1.59. The monoisotopic (exact) mass is 239 g/mol. The molecule has 17 heavy (non-hydrogen) atoms. The van der Waals surface area contributed by atoms with Gasteiger partial charge in [0.15, 0.2) is 0 Å². The number of methoxy groups -OCH3 is 2. The molecule has 1 amide bonds. The molecule has 0 heterocycles. The van der Waals surface area contributed by atoms with Gasteiger partial charge in [-0.25, -0.2) is 0 Å².